The van der Waals surface area contributed by atoms with Crippen LogP contribution >= 0.6 is 15.9 Å². The summed E-state index contributed by atoms with van der Waals surface area (Å²) in [6, 6.07) is 18.3. The number of ether oxygens (including phenoxy) is 7. The molecule has 2 aromatic carbocycles. The molecule has 0 N–H and O–H groups in total. The van der Waals surface area contributed by atoms with Crippen molar-refractivity contribution in [2.75, 3.05) is 26.2 Å². The first-order chi connectivity index (χ1) is 16.5. The lowest BCUT2D eigenvalue weighted by atomic mass is 9.96. The lowest BCUT2D eigenvalue weighted by molar-refractivity contribution is -0.381. The summed E-state index contributed by atoms with van der Waals surface area (Å²) in [4.78, 5) is 13.1. The van der Waals surface area contributed by atoms with Crippen molar-refractivity contribution in [3.63, 3.8) is 0 Å². The van der Waals surface area contributed by atoms with Crippen LogP contribution in [0.2, 0.25) is 0 Å². The molecule has 0 amide bonds. The first kappa shape index (κ1) is 25.2. The summed E-state index contributed by atoms with van der Waals surface area (Å²) in [6.07, 6.45) is -4.39. The highest BCUT2D eigenvalue weighted by Crippen LogP contribution is 2.38. The summed E-state index contributed by atoms with van der Waals surface area (Å²) in [7, 11) is 3.05. The Kier molecular flexibility index (Phi) is 8.36. The molecule has 7 atom stereocenters. The molecule has 184 valence electrons. The molecule has 1 unspecified atom stereocenters. The number of alkyl halides is 1. The van der Waals surface area contributed by atoms with Gasteiger partial charge in [0, 0.05) is 19.8 Å². The minimum atomic E-state index is -1.03. The first-order valence-corrected chi connectivity index (χ1v) is 12.2. The van der Waals surface area contributed by atoms with E-state index >= 15 is 0 Å². The van der Waals surface area contributed by atoms with E-state index < -0.39 is 48.8 Å². The Morgan fingerprint density at radius 2 is 1.71 bits per heavy atom. The average Bonchev–Trinajstić information content (AvgIpc) is 2.90. The van der Waals surface area contributed by atoms with Gasteiger partial charge in [-0.2, -0.15) is 0 Å². The number of hydrogen-bond donors (Lipinski definition) is 0. The van der Waals surface area contributed by atoms with Crippen molar-refractivity contribution in [2.45, 2.75) is 49.7 Å². The lowest BCUT2D eigenvalue weighted by Gasteiger charge is -2.49. The van der Waals surface area contributed by atoms with Gasteiger partial charge < -0.3 is 33.2 Å². The highest BCUT2D eigenvalue weighted by molar-refractivity contribution is 9.09. The van der Waals surface area contributed by atoms with Gasteiger partial charge in [-0.25, -0.2) is 4.79 Å². The van der Waals surface area contributed by atoms with Gasteiger partial charge in [0.15, 0.2) is 30.6 Å². The van der Waals surface area contributed by atoms with Gasteiger partial charge >= 0.3 is 5.97 Å². The lowest BCUT2D eigenvalue weighted by Crippen LogP contribution is -2.65. The van der Waals surface area contributed by atoms with Gasteiger partial charge in [-0.3, -0.25) is 0 Å². The molecule has 0 spiro atoms. The summed E-state index contributed by atoms with van der Waals surface area (Å²) < 4.78 is 41.9. The Balaban J connectivity index is 1.66. The van der Waals surface area contributed by atoms with Crippen LogP contribution in [-0.4, -0.2) is 68.6 Å². The fraction of sp³-hybridized carbons (Fsp3) is 0.480. The topological polar surface area (TPSA) is 81.7 Å². The highest BCUT2D eigenvalue weighted by atomic mass is 79.9. The molecule has 8 nitrogen and oxygen atoms in total. The number of esters is 1. The van der Waals surface area contributed by atoms with E-state index in [0.717, 1.165) is 5.56 Å². The van der Waals surface area contributed by atoms with E-state index in [1.807, 2.05) is 36.4 Å². The van der Waals surface area contributed by atoms with Crippen molar-refractivity contribution < 1.29 is 38.0 Å². The smallest absolute Gasteiger partial charge is 0.338 e. The number of halogens is 1. The van der Waals surface area contributed by atoms with E-state index in [9.17, 15) is 4.79 Å². The van der Waals surface area contributed by atoms with Crippen molar-refractivity contribution in [1.82, 2.24) is 0 Å². The number of hydrogen-bond acceptors (Lipinski definition) is 8. The van der Waals surface area contributed by atoms with Crippen LogP contribution in [0.1, 0.15) is 29.1 Å². The van der Waals surface area contributed by atoms with Gasteiger partial charge in [0.05, 0.1) is 17.5 Å². The molecular weight excluding hydrogens is 508 g/mol. The highest BCUT2D eigenvalue weighted by Gasteiger charge is 2.54. The van der Waals surface area contributed by atoms with Crippen molar-refractivity contribution in [2.24, 2.45) is 0 Å². The SMILES string of the molecule is CO[C@H]1O[C@@H]2CO[C@@H](c3ccccc3)O[C@H]2[C@H](OC(=O)c2ccccc2)[C@@H]1OC(C)(CBr)OC. The van der Waals surface area contributed by atoms with Gasteiger partial charge in [-0.1, -0.05) is 64.5 Å². The first-order valence-electron chi connectivity index (χ1n) is 11.0. The Labute approximate surface area is 207 Å². The van der Waals surface area contributed by atoms with Crippen LogP contribution in [0.5, 0.6) is 0 Å². The van der Waals surface area contributed by atoms with E-state index in [0.29, 0.717) is 10.9 Å². The minimum Gasteiger partial charge on any atom is -0.453 e. The summed E-state index contributed by atoms with van der Waals surface area (Å²) in [5.74, 6) is -1.53. The van der Waals surface area contributed by atoms with Gasteiger partial charge in [0.2, 0.25) is 0 Å². The zero-order valence-corrected chi connectivity index (χ0v) is 20.9. The van der Waals surface area contributed by atoms with E-state index in [2.05, 4.69) is 15.9 Å². The fourth-order valence-corrected chi connectivity index (χ4v) is 4.32. The minimum absolute atomic E-state index is 0.232. The van der Waals surface area contributed by atoms with Crippen LogP contribution in [0, 0.1) is 0 Å². The number of carbonyl (C=O) groups is 1. The molecule has 0 aromatic heterocycles. The second-order valence-corrected chi connectivity index (χ2v) is 8.81. The Bertz CT molecular complexity index is 923. The molecule has 0 aliphatic carbocycles. The molecule has 4 rings (SSSR count). The van der Waals surface area contributed by atoms with Crippen LogP contribution in [0.25, 0.3) is 0 Å². The third-order valence-corrected chi connectivity index (χ3v) is 6.92. The van der Waals surface area contributed by atoms with Crippen molar-refractivity contribution >= 4 is 21.9 Å². The monoisotopic (exact) mass is 536 g/mol. The predicted octanol–water partition coefficient (Wildman–Crippen LogP) is 3.84. The molecule has 2 aliphatic heterocycles. The van der Waals surface area contributed by atoms with Crippen LogP contribution in [-0.2, 0) is 33.2 Å². The third kappa shape index (κ3) is 5.52. The molecule has 9 heteroatoms. The van der Waals surface area contributed by atoms with Gasteiger partial charge in [-0.05, 0) is 19.1 Å². The maximum Gasteiger partial charge on any atom is 0.338 e. The molecule has 34 heavy (non-hydrogen) atoms. The Hall–Kier alpha value is -1.85. The van der Waals surface area contributed by atoms with Crippen molar-refractivity contribution in [1.29, 1.82) is 0 Å². The summed E-state index contributed by atoms with van der Waals surface area (Å²) >= 11 is 3.43. The van der Waals surface area contributed by atoms with E-state index in [1.54, 1.807) is 31.2 Å². The van der Waals surface area contributed by atoms with Gasteiger partial charge in [0.25, 0.3) is 0 Å². The molecule has 2 heterocycles. The van der Waals surface area contributed by atoms with Crippen molar-refractivity contribution in [3.8, 4) is 0 Å². The Morgan fingerprint density at radius 1 is 1.03 bits per heavy atom. The number of methoxy groups -OCH3 is 2. The maximum absolute atomic E-state index is 13.1. The third-order valence-electron chi connectivity index (χ3n) is 5.90. The number of fused-ring (bicyclic) bond motifs is 1. The summed E-state index contributed by atoms with van der Waals surface area (Å²) in [6.45, 7) is 2.00. The van der Waals surface area contributed by atoms with E-state index in [4.69, 9.17) is 33.2 Å². The largest absolute Gasteiger partial charge is 0.453 e. The van der Waals surface area contributed by atoms with E-state index in [-0.39, 0.29) is 6.61 Å². The second-order valence-electron chi connectivity index (χ2n) is 8.25. The maximum atomic E-state index is 13.1. The summed E-state index contributed by atoms with van der Waals surface area (Å²) in [5, 5.41) is 0.369. The molecule has 0 radical (unpaired) electrons. The molecule has 2 fully saturated rings. The van der Waals surface area contributed by atoms with Crippen LogP contribution in [0.4, 0.5) is 0 Å². The van der Waals surface area contributed by atoms with Crippen LogP contribution in [0.15, 0.2) is 60.7 Å². The molecule has 2 saturated heterocycles. The van der Waals surface area contributed by atoms with E-state index in [1.165, 1.54) is 14.2 Å². The average molecular weight is 537 g/mol. The normalized spacial score (nSPS) is 30.7. The van der Waals surface area contributed by atoms with Crippen molar-refractivity contribution in [3.05, 3.63) is 71.8 Å². The van der Waals surface area contributed by atoms with Gasteiger partial charge in [-0.15, -0.1) is 0 Å². The van der Waals surface area contributed by atoms with Crippen LogP contribution < -0.4 is 0 Å². The standard InChI is InChI=1S/C25H29BrO8/c1-25(15-26,29-3)34-21-20(32-22(27)16-10-6-4-7-11-16)19-18(31-24(21)28-2)14-30-23(33-19)17-12-8-5-9-13-17/h4-13,18-21,23-24H,14-15H2,1-3H3/t18-,19-,20+,21+,23-,24+,25?/m1/s1. The summed E-state index contributed by atoms with van der Waals surface area (Å²) in [5.41, 5.74) is 1.27. The number of carbonyl (C=O) groups excluding carboxylic acids is 1. The second kappa shape index (κ2) is 11.3. The molecule has 0 bridgehead atoms. The Morgan fingerprint density at radius 3 is 2.32 bits per heavy atom. The quantitative estimate of drug-likeness (QED) is 0.286. The molecule has 0 saturated carbocycles. The van der Waals surface area contributed by atoms with Crippen LogP contribution in [0.3, 0.4) is 0 Å². The van der Waals surface area contributed by atoms with Gasteiger partial charge in [0.1, 0.15) is 12.2 Å². The molecular formula is C25H29BrO8. The molecule has 2 aromatic rings. The number of rotatable bonds is 8. The zero-order valence-electron chi connectivity index (χ0n) is 19.3. The molecule has 2 aliphatic rings. The fourth-order valence-electron chi connectivity index (χ4n) is 3.96. The number of benzene rings is 2. The predicted molar refractivity (Wildman–Crippen MR) is 125 cm³/mol. The zero-order chi connectivity index (χ0) is 24.1.